The summed E-state index contributed by atoms with van der Waals surface area (Å²) in [4.78, 5) is 24.4. The van der Waals surface area contributed by atoms with E-state index in [9.17, 15) is 18.4 Å². The monoisotopic (exact) mass is 381 g/mol. The van der Waals surface area contributed by atoms with E-state index in [4.69, 9.17) is 16.3 Å². The quantitative estimate of drug-likeness (QED) is 0.615. The Kier molecular flexibility index (Phi) is 5.97. The van der Waals surface area contributed by atoms with Crippen molar-refractivity contribution in [3.05, 3.63) is 63.2 Å². The van der Waals surface area contributed by atoms with Crippen LogP contribution in [0.2, 0.25) is 5.02 Å². The first kappa shape index (κ1) is 19.8. The van der Waals surface area contributed by atoms with Crippen molar-refractivity contribution in [1.82, 2.24) is 0 Å². The van der Waals surface area contributed by atoms with E-state index in [0.717, 1.165) is 16.7 Å². The number of carbonyl (C=O) groups excluding carboxylic acids is 2. The molecule has 0 bridgehead atoms. The van der Waals surface area contributed by atoms with Gasteiger partial charge in [0.1, 0.15) is 0 Å². The highest BCUT2D eigenvalue weighted by molar-refractivity contribution is 6.33. The van der Waals surface area contributed by atoms with Crippen LogP contribution >= 0.6 is 11.6 Å². The fraction of sp³-hybridized carbons (Fsp3) is 0.263. The van der Waals surface area contributed by atoms with Gasteiger partial charge in [-0.1, -0.05) is 29.3 Å². The molecule has 0 unspecified atom stereocenters. The fourth-order valence-electron chi connectivity index (χ4n) is 2.56. The van der Waals surface area contributed by atoms with Crippen LogP contribution in [0.1, 0.15) is 34.0 Å². The van der Waals surface area contributed by atoms with Crippen molar-refractivity contribution in [2.24, 2.45) is 0 Å². The lowest BCUT2D eigenvalue weighted by Crippen LogP contribution is -2.30. The summed E-state index contributed by atoms with van der Waals surface area (Å²) in [6, 6.07) is 5.15. The molecule has 2 rings (SSSR count). The summed E-state index contributed by atoms with van der Waals surface area (Å²) in [7, 11) is 0. The van der Waals surface area contributed by atoms with Crippen LogP contribution in [0, 0.1) is 32.4 Å². The first-order valence-electron chi connectivity index (χ1n) is 7.84. The molecule has 0 fully saturated rings. The number of amides is 1. The van der Waals surface area contributed by atoms with Crippen LogP contribution in [0.25, 0.3) is 0 Å². The van der Waals surface area contributed by atoms with Crippen molar-refractivity contribution < 1.29 is 23.1 Å². The normalized spacial score (nSPS) is 11.8. The standard InChI is InChI=1S/C19H18ClF2NO3/c1-9-5-10(2)17(11(3)6-9)23-18(24)12(4)26-19(25)13-7-15(21)16(22)8-14(13)20/h5-8,12H,1-4H3,(H,23,24)/t12-/m0/s1. The molecule has 0 aliphatic heterocycles. The maximum Gasteiger partial charge on any atom is 0.340 e. The largest absolute Gasteiger partial charge is 0.449 e. The molecule has 0 saturated heterocycles. The minimum absolute atomic E-state index is 0.299. The second-order valence-electron chi connectivity index (χ2n) is 6.06. The maximum absolute atomic E-state index is 13.3. The summed E-state index contributed by atoms with van der Waals surface area (Å²) in [6.45, 7) is 7.03. The van der Waals surface area contributed by atoms with Crippen LogP contribution in [0.3, 0.4) is 0 Å². The van der Waals surface area contributed by atoms with Gasteiger partial charge in [0, 0.05) is 5.69 Å². The van der Waals surface area contributed by atoms with Gasteiger partial charge in [0.2, 0.25) is 0 Å². The number of carbonyl (C=O) groups is 2. The molecule has 0 aliphatic carbocycles. The number of esters is 1. The van der Waals surface area contributed by atoms with Crippen molar-refractivity contribution >= 4 is 29.2 Å². The molecule has 4 nitrogen and oxygen atoms in total. The number of benzene rings is 2. The Bertz CT molecular complexity index is 860. The molecular weight excluding hydrogens is 364 g/mol. The molecule has 2 aromatic rings. The van der Waals surface area contributed by atoms with Crippen LogP contribution in [0.5, 0.6) is 0 Å². The summed E-state index contributed by atoms with van der Waals surface area (Å²) < 4.78 is 31.4. The number of hydrogen-bond donors (Lipinski definition) is 1. The molecule has 0 radical (unpaired) electrons. The highest BCUT2D eigenvalue weighted by Gasteiger charge is 2.23. The zero-order valence-electron chi connectivity index (χ0n) is 14.7. The predicted octanol–water partition coefficient (Wildman–Crippen LogP) is 4.73. The molecule has 138 valence electrons. The Labute approximate surface area is 155 Å². The Balaban J connectivity index is 2.12. The molecule has 0 aromatic heterocycles. The minimum Gasteiger partial charge on any atom is -0.449 e. The van der Waals surface area contributed by atoms with Crippen LogP contribution < -0.4 is 5.32 Å². The van der Waals surface area contributed by atoms with E-state index in [0.29, 0.717) is 17.8 Å². The second kappa shape index (κ2) is 7.83. The molecule has 2 aromatic carbocycles. The first-order valence-corrected chi connectivity index (χ1v) is 8.22. The first-order chi connectivity index (χ1) is 12.1. The number of hydrogen-bond acceptors (Lipinski definition) is 3. The highest BCUT2D eigenvalue weighted by atomic mass is 35.5. The molecule has 26 heavy (non-hydrogen) atoms. The van der Waals surface area contributed by atoms with E-state index in [-0.39, 0.29) is 10.6 Å². The summed E-state index contributed by atoms with van der Waals surface area (Å²) >= 11 is 5.74. The molecule has 0 aliphatic rings. The molecule has 1 amide bonds. The Morgan fingerprint density at radius 1 is 1.04 bits per heavy atom. The predicted molar refractivity (Wildman–Crippen MR) is 95.5 cm³/mol. The fourth-order valence-corrected chi connectivity index (χ4v) is 2.79. The van der Waals surface area contributed by atoms with Gasteiger partial charge in [-0.25, -0.2) is 13.6 Å². The van der Waals surface area contributed by atoms with E-state index in [2.05, 4.69) is 5.32 Å². The van der Waals surface area contributed by atoms with E-state index >= 15 is 0 Å². The number of aryl methyl sites for hydroxylation is 3. The van der Waals surface area contributed by atoms with Crippen LogP contribution in [0.15, 0.2) is 24.3 Å². The summed E-state index contributed by atoms with van der Waals surface area (Å²) in [5, 5.41) is 2.41. The topological polar surface area (TPSA) is 55.4 Å². The smallest absolute Gasteiger partial charge is 0.340 e. The van der Waals surface area contributed by atoms with Crippen LogP contribution in [0.4, 0.5) is 14.5 Å². The van der Waals surface area contributed by atoms with Crippen molar-refractivity contribution in [2.45, 2.75) is 33.8 Å². The minimum atomic E-state index is -1.23. The third-order valence-electron chi connectivity index (χ3n) is 3.81. The zero-order chi connectivity index (χ0) is 19.6. The highest BCUT2D eigenvalue weighted by Crippen LogP contribution is 2.23. The maximum atomic E-state index is 13.3. The van der Waals surface area contributed by atoms with Gasteiger partial charge in [-0.3, -0.25) is 4.79 Å². The summed E-state index contributed by atoms with van der Waals surface area (Å²) in [6.07, 6.45) is -1.16. The number of anilines is 1. The number of halogens is 3. The van der Waals surface area contributed by atoms with Crippen molar-refractivity contribution in [2.75, 3.05) is 5.32 Å². The van der Waals surface area contributed by atoms with Crippen LogP contribution in [-0.2, 0) is 9.53 Å². The van der Waals surface area contributed by atoms with E-state index in [1.807, 2.05) is 32.9 Å². The van der Waals surface area contributed by atoms with Crippen molar-refractivity contribution in [1.29, 1.82) is 0 Å². The Hall–Kier alpha value is -2.47. The van der Waals surface area contributed by atoms with Crippen molar-refractivity contribution in [3.8, 4) is 0 Å². The lowest BCUT2D eigenvalue weighted by molar-refractivity contribution is -0.123. The zero-order valence-corrected chi connectivity index (χ0v) is 15.5. The Morgan fingerprint density at radius 2 is 1.58 bits per heavy atom. The molecule has 0 spiro atoms. The van der Waals surface area contributed by atoms with Gasteiger partial charge in [0.15, 0.2) is 17.7 Å². The van der Waals surface area contributed by atoms with Crippen LogP contribution in [-0.4, -0.2) is 18.0 Å². The molecule has 0 saturated carbocycles. The average Bonchev–Trinajstić information content (AvgIpc) is 2.53. The van der Waals surface area contributed by atoms with E-state index < -0.39 is 29.6 Å². The molecule has 7 heteroatoms. The van der Waals surface area contributed by atoms with Gasteiger partial charge in [0.25, 0.3) is 5.91 Å². The number of nitrogens with one attached hydrogen (secondary N) is 1. The third kappa shape index (κ3) is 4.38. The molecule has 1 N–H and O–H groups in total. The Morgan fingerprint density at radius 3 is 2.15 bits per heavy atom. The molecule has 1 atom stereocenters. The van der Waals surface area contributed by atoms with Gasteiger partial charge < -0.3 is 10.1 Å². The van der Waals surface area contributed by atoms with Crippen molar-refractivity contribution in [3.63, 3.8) is 0 Å². The molecular formula is C19H18ClF2NO3. The number of rotatable bonds is 4. The average molecular weight is 382 g/mol. The lowest BCUT2D eigenvalue weighted by atomic mass is 10.0. The third-order valence-corrected chi connectivity index (χ3v) is 4.12. The summed E-state index contributed by atoms with van der Waals surface area (Å²) in [5.74, 6) is -3.98. The molecule has 0 heterocycles. The van der Waals surface area contributed by atoms with Gasteiger partial charge in [-0.05, 0) is 51.0 Å². The van der Waals surface area contributed by atoms with E-state index in [1.165, 1.54) is 6.92 Å². The number of ether oxygens (including phenoxy) is 1. The van der Waals surface area contributed by atoms with Gasteiger partial charge in [0.05, 0.1) is 10.6 Å². The SMILES string of the molecule is Cc1cc(C)c(NC(=O)[C@H](C)OC(=O)c2cc(F)c(F)cc2Cl)c(C)c1. The summed E-state index contributed by atoms with van der Waals surface area (Å²) in [5.41, 5.74) is 3.09. The van der Waals surface area contributed by atoms with Gasteiger partial charge in [-0.15, -0.1) is 0 Å². The van der Waals surface area contributed by atoms with Gasteiger partial charge >= 0.3 is 5.97 Å². The van der Waals surface area contributed by atoms with Gasteiger partial charge in [-0.2, -0.15) is 0 Å². The van der Waals surface area contributed by atoms with E-state index in [1.54, 1.807) is 0 Å². The lowest BCUT2D eigenvalue weighted by Gasteiger charge is -2.17. The second-order valence-corrected chi connectivity index (χ2v) is 6.46.